The number of carbonyl (C=O) groups is 1. The van der Waals surface area contributed by atoms with E-state index in [1.165, 1.54) is 19.3 Å². The molecule has 0 unspecified atom stereocenters. The fraction of sp³-hybridized carbons (Fsp3) is 0.207. The Bertz CT molecular complexity index is 1460. The van der Waals surface area contributed by atoms with Crippen molar-refractivity contribution in [2.24, 2.45) is 0 Å². The lowest BCUT2D eigenvalue weighted by Crippen LogP contribution is -2.19. The van der Waals surface area contributed by atoms with Gasteiger partial charge in [0.15, 0.2) is 5.78 Å². The Hall–Kier alpha value is -3.59. The third-order valence-electron chi connectivity index (χ3n) is 6.86. The molecular weight excluding hydrogens is 396 g/mol. The summed E-state index contributed by atoms with van der Waals surface area (Å²) in [6.45, 7) is 0. The molecule has 1 N–H and O–H groups in total. The Kier molecular flexibility index (Phi) is 4.50. The van der Waals surface area contributed by atoms with E-state index in [-0.39, 0.29) is 17.6 Å². The van der Waals surface area contributed by atoms with Crippen molar-refractivity contribution in [3.63, 3.8) is 0 Å². The number of phenols is 1. The first kappa shape index (κ1) is 19.1. The van der Waals surface area contributed by atoms with E-state index in [1.807, 2.05) is 18.2 Å². The van der Waals surface area contributed by atoms with Crippen LogP contribution in [0, 0.1) is 0 Å². The van der Waals surface area contributed by atoms with Gasteiger partial charge in [-0.2, -0.15) is 0 Å². The minimum absolute atomic E-state index is 0.00589. The summed E-state index contributed by atoms with van der Waals surface area (Å²) in [5.74, 6) is 0.766. The molecular formula is C29H24O3. The molecule has 0 saturated heterocycles. The van der Waals surface area contributed by atoms with Crippen LogP contribution in [-0.2, 0) is 0 Å². The van der Waals surface area contributed by atoms with E-state index in [0.29, 0.717) is 11.1 Å². The average Bonchev–Trinajstić information content (AvgIpc) is 2.84. The second kappa shape index (κ2) is 7.52. The predicted molar refractivity (Wildman–Crippen MR) is 129 cm³/mol. The second-order valence-corrected chi connectivity index (χ2v) is 8.82. The van der Waals surface area contributed by atoms with Crippen LogP contribution in [0.15, 0.2) is 72.8 Å². The number of ketones is 1. The number of para-hydroxylation sites is 1. The maximum Gasteiger partial charge on any atom is 0.197 e. The molecule has 1 aliphatic rings. The number of hydrogen-bond acceptors (Lipinski definition) is 3. The van der Waals surface area contributed by atoms with Gasteiger partial charge in [-0.25, -0.2) is 0 Å². The molecule has 0 aliphatic heterocycles. The van der Waals surface area contributed by atoms with Crippen LogP contribution in [0.25, 0.3) is 32.3 Å². The first-order valence-electron chi connectivity index (χ1n) is 11.4. The molecule has 0 radical (unpaired) electrons. The third kappa shape index (κ3) is 3.00. The fourth-order valence-corrected chi connectivity index (χ4v) is 5.25. The first-order valence-corrected chi connectivity index (χ1v) is 11.4. The molecule has 0 bridgehead atoms. The van der Waals surface area contributed by atoms with Gasteiger partial charge < -0.3 is 9.84 Å². The Morgan fingerprint density at radius 1 is 0.719 bits per heavy atom. The molecule has 0 atom stereocenters. The summed E-state index contributed by atoms with van der Waals surface area (Å²) in [4.78, 5) is 13.4. The molecule has 158 valence electrons. The Morgan fingerprint density at radius 3 is 2.16 bits per heavy atom. The molecule has 6 rings (SSSR count). The minimum atomic E-state index is -0.167. The Balaban J connectivity index is 1.55. The van der Waals surface area contributed by atoms with Crippen LogP contribution < -0.4 is 4.74 Å². The lowest BCUT2D eigenvalue weighted by atomic mass is 9.89. The maximum atomic E-state index is 13.4. The molecule has 32 heavy (non-hydrogen) atoms. The van der Waals surface area contributed by atoms with Gasteiger partial charge in [-0.1, -0.05) is 48.9 Å². The summed E-state index contributed by atoms with van der Waals surface area (Å²) in [5, 5.41) is 16.7. The van der Waals surface area contributed by atoms with Gasteiger partial charge in [-0.3, -0.25) is 4.79 Å². The van der Waals surface area contributed by atoms with E-state index >= 15 is 0 Å². The van der Waals surface area contributed by atoms with E-state index in [1.54, 1.807) is 24.3 Å². The first-order chi connectivity index (χ1) is 15.7. The molecule has 1 aliphatic carbocycles. The number of aromatic hydroxyl groups is 1. The smallest absolute Gasteiger partial charge is 0.197 e. The lowest BCUT2D eigenvalue weighted by Gasteiger charge is -2.24. The second-order valence-electron chi connectivity index (χ2n) is 8.82. The summed E-state index contributed by atoms with van der Waals surface area (Å²) < 4.78 is 6.48. The van der Waals surface area contributed by atoms with Crippen LogP contribution in [0.1, 0.15) is 48.0 Å². The van der Waals surface area contributed by atoms with E-state index in [0.717, 1.165) is 50.9 Å². The Morgan fingerprint density at radius 2 is 1.38 bits per heavy atom. The van der Waals surface area contributed by atoms with Gasteiger partial charge in [-0.15, -0.1) is 0 Å². The summed E-state index contributed by atoms with van der Waals surface area (Å²) in [5.41, 5.74) is 0.927. The number of ether oxygens (including phenoxy) is 1. The highest BCUT2D eigenvalue weighted by Crippen LogP contribution is 2.41. The van der Waals surface area contributed by atoms with Gasteiger partial charge in [0.2, 0.25) is 0 Å². The van der Waals surface area contributed by atoms with E-state index < -0.39 is 0 Å². The van der Waals surface area contributed by atoms with Gasteiger partial charge in [0, 0.05) is 16.3 Å². The van der Waals surface area contributed by atoms with Crippen molar-refractivity contribution in [3.8, 4) is 11.5 Å². The minimum Gasteiger partial charge on any atom is -0.507 e. The molecule has 0 heterocycles. The molecule has 3 nitrogen and oxygen atoms in total. The molecule has 0 aromatic heterocycles. The largest absolute Gasteiger partial charge is 0.507 e. The van der Waals surface area contributed by atoms with Gasteiger partial charge in [0.05, 0.1) is 11.7 Å². The summed E-state index contributed by atoms with van der Waals surface area (Å²) in [7, 11) is 0. The normalized spacial score (nSPS) is 15.0. The zero-order valence-electron chi connectivity index (χ0n) is 17.8. The monoisotopic (exact) mass is 420 g/mol. The van der Waals surface area contributed by atoms with E-state index in [4.69, 9.17) is 4.74 Å². The predicted octanol–water partition coefficient (Wildman–Crippen LogP) is 7.23. The molecule has 3 heteroatoms. The van der Waals surface area contributed by atoms with Crippen molar-refractivity contribution in [1.29, 1.82) is 0 Å². The Labute approximate surface area is 186 Å². The third-order valence-corrected chi connectivity index (χ3v) is 6.86. The number of hydrogen-bond donors (Lipinski definition) is 1. The molecule has 1 saturated carbocycles. The van der Waals surface area contributed by atoms with Gasteiger partial charge in [-0.05, 0) is 77.6 Å². The number of benzene rings is 5. The zero-order valence-corrected chi connectivity index (χ0v) is 17.8. The highest BCUT2D eigenvalue weighted by molar-refractivity contribution is 6.29. The van der Waals surface area contributed by atoms with Crippen molar-refractivity contribution in [3.05, 3.63) is 83.9 Å². The van der Waals surface area contributed by atoms with E-state index in [9.17, 15) is 9.90 Å². The quantitative estimate of drug-likeness (QED) is 0.246. The molecule has 1 fully saturated rings. The summed E-state index contributed by atoms with van der Waals surface area (Å²) in [6.07, 6.45) is 6.26. The van der Waals surface area contributed by atoms with Crippen molar-refractivity contribution in [2.75, 3.05) is 0 Å². The topological polar surface area (TPSA) is 46.5 Å². The molecule has 5 aromatic rings. The molecule has 0 spiro atoms. The zero-order chi connectivity index (χ0) is 21.7. The van der Waals surface area contributed by atoms with Crippen molar-refractivity contribution in [2.45, 2.75) is 38.2 Å². The summed E-state index contributed by atoms with van der Waals surface area (Å²) in [6, 6.07) is 23.2. The number of phenolic OH excluding ortho intramolecular Hbond substituents is 1. The van der Waals surface area contributed by atoms with Crippen LogP contribution in [-0.4, -0.2) is 17.0 Å². The van der Waals surface area contributed by atoms with Crippen LogP contribution in [0.4, 0.5) is 0 Å². The number of rotatable bonds is 4. The fourth-order valence-electron chi connectivity index (χ4n) is 5.25. The standard InChI is InChI=1S/C29H24O3/c30-25-9-5-4-8-23(25)29(31)22-15-11-18-12-16-24-26(32-20-6-2-1-3-7-20)17-13-19-10-14-21(22)27(18)28(19)24/h4-5,8-17,20,30H,1-3,6-7H2. The van der Waals surface area contributed by atoms with Crippen molar-refractivity contribution < 1.29 is 14.6 Å². The van der Waals surface area contributed by atoms with Crippen LogP contribution in [0.2, 0.25) is 0 Å². The SMILES string of the molecule is O=C(c1ccccc1O)c1ccc2ccc3c(OC4CCCCC4)ccc4ccc1c2c43. The van der Waals surface area contributed by atoms with Crippen LogP contribution >= 0.6 is 0 Å². The maximum absolute atomic E-state index is 13.4. The van der Waals surface area contributed by atoms with Gasteiger partial charge in [0.25, 0.3) is 0 Å². The highest BCUT2D eigenvalue weighted by Gasteiger charge is 2.21. The summed E-state index contributed by atoms with van der Waals surface area (Å²) >= 11 is 0. The lowest BCUT2D eigenvalue weighted by molar-refractivity contribution is 0.103. The van der Waals surface area contributed by atoms with Crippen LogP contribution in [0.5, 0.6) is 11.5 Å². The van der Waals surface area contributed by atoms with Gasteiger partial charge in [0.1, 0.15) is 11.5 Å². The molecule has 0 amide bonds. The molecule has 5 aromatic carbocycles. The number of carbonyl (C=O) groups excluding carboxylic acids is 1. The van der Waals surface area contributed by atoms with Gasteiger partial charge >= 0.3 is 0 Å². The highest BCUT2D eigenvalue weighted by atomic mass is 16.5. The van der Waals surface area contributed by atoms with Crippen molar-refractivity contribution in [1.82, 2.24) is 0 Å². The van der Waals surface area contributed by atoms with E-state index in [2.05, 4.69) is 30.3 Å². The van der Waals surface area contributed by atoms with Crippen molar-refractivity contribution >= 4 is 38.1 Å². The van der Waals surface area contributed by atoms with Crippen LogP contribution in [0.3, 0.4) is 0 Å². The average molecular weight is 421 g/mol.